The molecule has 4 aromatic rings. The van der Waals surface area contributed by atoms with Crippen LogP contribution < -0.4 is 10.1 Å². The minimum Gasteiger partial charge on any atom is -0.434 e. The number of carbonyl (C=O) groups excluding carboxylic acids is 1. The normalized spacial score (nSPS) is 14.0. The highest BCUT2D eigenvalue weighted by Gasteiger charge is 2.22. The molecule has 5 rings (SSSR count). The number of likely N-dealkylation sites (N-methyl/N-ethyl adjacent to an activating group) is 1. The Morgan fingerprint density at radius 3 is 2.57 bits per heavy atom. The molecule has 0 unspecified atom stereocenters. The van der Waals surface area contributed by atoms with E-state index in [0.29, 0.717) is 30.0 Å². The van der Waals surface area contributed by atoms with Gasteiger partial charge >= 0.3 is 0 Å². The first-order valence-electron chi connectivity index (χ1n) is 11.6. The standard InChI is InChI=1S/C26H23F2N7O2/c1-15-11-18-22(28)21(12-20(27)23(18)32-15)37-25-19(13-29)24(30-14-31-25)33-17-5-3-16(4-6-17)26(36)35-9-7-34(2)8-10-35/h3-6,11-12,14,32H,7-10H2,1-2H3,(H,30,31,33). The second kappa shape index (κ2) is 9.83. The van der Waals surface area contributed by atoms with Gasteiger partial charge in [0.2, 0.25) is 5.88 Å². The molecule has 1 fully saturated rings. The number of fused-ring (bicyclic) bond motifs is 1. The molecule has 11 heteroatoms. The molecule has 2 N–H and O–H groups in total. The Labute approximate surface area is 211 Å². The topological polar surface area (TPSA) is 110 Å². The van der Waals surface area contributed by atoms with Gasteiger partial charge in [0, 0.05) is 54.6 Å². The van der Waals surface area contributed by atoms with Crippen LogP contribution in [0.3, 0.4) is 0 Å². The molecular formula is C26H23F2N7O2. The van der Waals surface area contributed by atoms with Crippen molar-refractivity contribution < 1.29 is 18.3 Å². The number of piperazine rings is 1. The maximum atomic E-state index is 15.0. The second-order valence-corrected chi connectivity index (χ2v) is 8.83. The lowest BCUT2D eigenvalue weighted by molar-refractivity contribution is 0.0664. The number of nitrogens with one attached hydrogen (secondary N) is 2. The first-order valence-corrected chi connectivity index (χ1v) is 11.6. The molecule has 9 nitrogen and oxygen atoms in total. The molecule has 1 amide bonds. The summed E-state index contributed by atoms with van der Waals surface area (Å²) in [7, 11) is 2.03. The molecule has 1 saturated heterocycles. The molecule has 37 heavy (non-hydrogen) atoms. The summed E-state index contributed by atoms with van der Waals surface area (Å²) in [6.45, 7) is 4.69. The minimum atomic E-state index is -0.779. The number of halogens is 2. The molecule has 0 spiro atoms. The van der Waals surface area contributed by atoms with Crippen LogP contribution >= 0.6 is 0 Å². The number of benzene rings is 2. The number of ether oxygens (including phenoxy) is 1. The van der Waals surface area contributed by atoms with E-state index in [4.69, 9.17) is 4.74 Å². The predicted molar refractivity (Wildman–Crippen MR) is 133 cm³/mol. The van der Waals surface area contributed by atoms with Crippen molar-refractivity contribution in [3.63, 3.8) is 0 Å². The van der Waals surface area contributed by atoms with Crippen LogP contribution in [-0.4, -0.2) is 63.9 Å². The molecule has 0 aliphatic carbocycles. The van der Waals surface area contributed by atoms with Crippen molar-refractivity contribution in [3.8, 4) is 17.7 Å². The lowest BCUT2D eigenvalue weighted by atomic mass is 10.1. The predicted octanol–water partition coefficient (Wildman–Crippen LogP) is 4.34. The van der Waals surface area contributed by atoms with Crippen LogP contribution in [0.15, 0.2) is 42.7 Å². The SMILES string of the molecule is Cc1cc2c(F)c(Oc3ncnc(Nc4ccc(C(=O)N5CCN(C)CC5)cc4)c3C#N)cc(F)c2[nH]1. The van der Waals surface area contributed by atoms with Gasteiger partial charge in [-0.1, -0.05) is 0 Å². The molecule has 0 atom stereocenters. The van der Waals surface area contributed by atoms with Crippen molar-refractivity contribution in [1.29, 1.82) is 5.26 Å². The van der Waals surface area contributed by atoms with Crippen molar-refractivity contribution in [3.05, 3.63) is 71.2 Å². The maximum absolute atomic E-state index is 15.0. The second-order valence-electron chi connectivity index (χ2n) is 8.83. The largest absolute Gasteiger partial charge is 0.434 e. The molecule has 188 valence electrons. The molecular weight excluding hydrogens is 480 g/mol. The van der Waals surface area contributed by atoms with Gasteiger partial charge in [-0.3, -0.25) is 4.79 Å². The molecule has 0 saturated carbocycles. The highest BCUT2D eigenvalue weighted by Crippen LogP contribution is 2.34. The molecule has 2 aromatic carbocycles. The van der Waals surface area contributed by atoms with Gasteiger partial charge < -0.3 is 24.8 Å². The van der Waals surface area contributed by atoms with Gasteiger partial charge in [0.25, 0.3) is 5.91 Å². The summed E-state index contributed by atoms with van der Waals surface area (Å²) >= 11 is 0. The molecule has 1 aliphatic heterocycles. The van der Waals surface area contributed by atoms with E-state index in [1.54, 1.807) is 31.2 Å². The van der Waals surface area contributed by atoms with E-state index in [9.17, 15) is 14.4 Å². The Kier molecular flexibility index (Phi) is 6.42. The van der Waals surface area contributed by atoms with Crippen LogP contribution in [0.1, 0.15) is 21.6 Å². The van der Waals surface area contributed by atoms with Crippen molar-refractivity contribution in [2.75, 3.05) is 38.5 Å². The third-order valence-corrected chi connectivity index (χ3v) is 6.22. The molecule has 0 radical (unpaired) electrons. The van der Waals surface area contributed by atoms with Crippen molar-refractivity contribution in [2.24, 2.45) is 0 Å². The van der Waals surface area contributed by atoms with E-state index in [1.807, 2.05) is 18.0 Å². The average molecular weight is 504 g/mol. The fourth-order valence-electron chi connectivity index (χ4n) is 4.18. The van der Waals surface area contributed by atoms with Gasteiger partial charge in [0.05, 0.1) is 5.52 Å². The summed E-state index contributed by atoms with van der Waals surface area (Å²) in [5.41, 5.74) is 1.65. The summed E-state index contributed by atoms with van der Waals surface area (Å²) in [6.07, 6.45) is 1.15. The summed E-state index contributed by atoms with van der Waals surface area (Å²) in [6, 6.07) is 11.1. The van der Waals surface area contributed by atoms with Gasteiger partial charge in [-0.2, -0.15) is 5.26 Å². The van der Waals surface area contributed by atoms with Crippen LogP contribution in [-0.2, 0) is 0 Å². The fourth-order valence-corrected chi connectivity index (χ4v) is 4.18. The first-order chi connectivity index (χ1) is 17.8. The number of rotatable bonds is 5. The number of aryl methyl sites for hydroxylation is 1. The van der Waals surface area contributed by atoms with Crippen LogP contribution in [0.2, 0.25) is 0 Å². The van der Waals surface area contributed by atoms with E-state index >= 15 is 4.39 Å². The lowest BCUT2D eigenvalue weighted by Crippen LogP contribution is -2.47. The van der Waals surface area contributed by atoms with Gasteiger partial charge in [0.15, 0.2) is 28.8 Å². The highest BCUT2D eigenvalue weighted by molar-refractivity contribution is 5.94. The monoisotopic (exact) mass is 503 g/mol. The zero-order valence-corrected chi connectivity index (χ0v) is 20.2. The van der Waals surface area contributed by atoms with Crippen LogP contribution in [0.4, 0.5) is 20.3 Å². The van der Waals surface area contributed by atoms with Gasteiger partial charge in [0.1, 0.15) is 12.4 Å². The minimum absolute atomic E-state index is 0.0300. The Balaban J connectivity index is 1.36. The summed E-state index contributed by atoms with van der Waals surface area (Å²) in [4.78, 5) is 27.6. The van der Waals surface area contributed by atoms with E-state index in [1.165, 1.54) is 6.07 Å². The number of aromatic amines is 1. The number of nitriles is 1. The van der Waals surface area contributed by atoms with Crippen molar-refractivity contribution in [1.82, 2.24) is 24.8 Å². The first kappa shape index (κ1) is 24.1. The van der Waals surface area contributed by atoms with E-state index in [-0.39, 0.29) is 34.1 Å². The van der Waals surface area contributed by atoms with Crippen molar-refractivity contribution >= 4 is 28.3 Å². The van der Waals surface area contributed by atoms with Gasteiger partial charge in [-0.05, 0) is 44.3 Å². The molecule has 0 bridgehead atoms. The van der Waals surface area contributed by atoms with E-state index in [2.05, 4.69) is 25.2 Å². The Bertz CT molecular complexity index is 1520. The van der Waals surface area contributed by atoms with Crippen LogP contribution in [0.5, 0.6) is 11.6 Å². The van der Waals surface area contributed by atoms with Gasteiger partial charge in [-0.25, -0.2) is 18.7 Å². The summed E-state index contributed by atoms with van der Waals surface area (Å²) in [5, 5.41) is 12.8. The number of carbonyl (C=O) groups is 1. The zero-order chi connectivity index (χ0) is 26.1. The van der Waals surface area contributed by atoms with E-state index in [0.717, 1.165) is 25.5 Å². The zero-order valence-electron chi connectivity index (χ0n) is 20.2. The highest BCUT2D eigenvalue weighted by atomic mass is 19.1. The number of H-pyrrole nitrogens is 1. The fraction of sp³-hybridized carbons (Fsp3) is 0.231. The third-order valence-electron chi connectivity index (χ3n) is 6.22. The van der Waals surface area contributed by atoms with Crippen LogP contribution in [0, 0.1) is 29.9 Å². The summed E-state index contributed by atoms with van der Waals surface area (Å²) in [5.74, 6) is -2.04. The summed E-state index contributed by atoms with van der Waals surface area (Å²) < 4.78 is 35.0. The average Bonchev–Trinajstić information content (AvgIpc) is 3.30. The Morgan fingerprint density at radius 2 is 1.86 bits per heavy atom. The lowest BCUT2D eigenvalue weighted by Gasteiger charge is -2.32. The Hall–Kier alpha value is -4.56. The molecule has 2 aromatic heterocycles. The molecule has 1 aliphatic rings. The third kappa shape index (κ3) is 4.79. The number of hydrogen-bond acceptors (Lipinski definition) is 7. The quantitative estimate of drug-likeness (QED) is 0.417. The van der Waals surface area contributed by atoms with E-state index < -0.39 is 17.4 Å². The number of anilines is 2. The smallest absolute Gasteiger partial charge is 0.253 e. The number of nitrogens with zero attached hydrogens (tertiary/aromatic N) is 5. The Morgan fingerprint density at radius 1 is 1.14 bits per heavy atom. The molecule has 3 heterocycles. The van der Waals surface area contributed by atoms with Gasteiger partial charge in [-0.15, -0.1) is 0 Å². The number of aromatic nitrogens is 3. The number of amides is 1. The van der Waals surface area contributed by atoms with Crippen LogP contribution in [0.25, 0.3) is 10.9 Å². The maximum Gasteiger partial charge on any atom is 0.253 e. The number of hydrogen-bond donors (Lipinski definition) is 2. The van der Waals surface area contributed by atoms with Crippen molar-refractivity contribution in [2.45, 2.75) is 6.92 Å².